The van der Waals surface area contributed by atoms with Gasteiger partial charge in [-0.05, 0) is 31.8 Å². The van der Waals surface area contributed by atoms with Crippen LogP contribution in [-0.2, 0) is 4.79 Å². The highest BCUT2D eigenvalue weighted by Crippen LogP contribution is 2.08. The monoisotopic (exact) mass is 200 g/mol. The molecule has 6 heteroatoms. The van der Waals surface area contributed by atoms with Crippen molar-refractivity contribution >= 4 is 5.97 Å². The smallest absolute Gasteiger partial charge is 0.323 e. The Morgan fingerprint density at radius 3 is 2.79 bits per heavy atom. The van der Waals surface area contributed by atoms with Crippen LogP contribution in [0.15, 0.2) is 5.11 Å². The zero-order valence-electron chi connectivity index (χ0n) is 8.53. The first-order chi connectivity index (χ1) is 6.56. The van der Waals surface area contributed by atoms with E-state index in [9.17, 15) is 4.79 Å². The number of carbonyl (C=O) groups is 1. The first-order valence-corrected chi connectivity index (χ1v) is 4.56. The topological polar surface area (TPSA) is 98.1 Å². The molecule has 6 nitrogen and oxygen atoms in total. The molecule has 0 spiro atoms. The lowest BCUT2D eigenvalue weighted by atomic mass is 9.99. The minimum Gasteiger partial charge on any atom is -0.480 e. The van der Waals surface area contributed by atoms with Gasteiger partial charge in [0.2, 0.25) is 0 Å². The minimum atomic E-state index is -0.879. The number of aliphatic carboxylic acids is 1. The van der Waals surface area contributed by atoms with E-state index < -0.39 is 11.5 Å². The van der Waals surface area contributed by atoms with Gasteiger partial charge in [-0.25, -0.2) is 0 Å². The first-order valence-electron chi connectivity index (χ1n) is 4.56. The molecule has 0 radical (unpaired) electrons. The molecular weight excluding hydrogens is 184 g/mol. The van der Waals surface area contributed by atoms with Gasteiger partial charge in [0.25, 0.3) is 0 Å². The molecule has 80 valence electrons. The predicted octanol–water partition coefficient (Wildman–Crippen LogP) is 1.53. The van der Waals surface area contributed by atoms with E-state index >= 15 is 0 Å². The van der Waals surface area contributed by atoms with Crippen molar-refractivity contribution in [2.45, 2.75) is 32.2 Å². The van der Waals surface area contributed by atoms with Crippen LogP contribution in [0.3, 0.4) is 0 Å². The van der Waals surface area contributed by atoms with Gasteiger partial charge in [-0.3, -0.25) is 4.79 Å². The van der Waals surface area contributed by atoms with Crippen molar-refractivity contribution in [2.24, 2.45) is 5.11 Å². The molecule has 14 heavy (non-hydrogen) atoms. The van der Waals surface area contributed by atoms with Crippen molar-refractivity contribution in [3.05, 3.63) is 10.4 Å². The molecule has 2 N–H and O–H groups in total. The zero-order chi connectivity index (χ0) is 11.0. The van der Waals surface area contributed by atoms with Crippen molar-refractivity contribution in [3.8, 4) is 0 Å². The minimum absolute atomic E-state index is 0.392. The third-order valence-corrected chi connectivity index (χ3v) is 2.19. The second-order valence-corrected chi connectivity index (χ2v) is 3.23. The van der Waals surface area contributed by atoms with Crippen LogP contribution in [0.25, 0.3) is 10.4 Å². The van der Waals surface area contributed by atoms with Crippen LogP contribution in [0.4, 0.5) is 0 Å². The lowest BCUT2D eigenvalue weighted by Gasteiger charge is -2.24. The Hall–Kier alpha value is -1.26. The predicted molar refractivity (Wildman–Crippen MR) is 53.0 cm³/mol. The summed E-state index contributed by atoms with van der Waals surface area (Å²) in [7, 11) is 0. The van der Waals surface area contributed by atoms with Crippen LogP contribution >= 0.6 is 0 Å². The average Bonchev–Trinajstić information content (AvgIpc) is 2.17. The first kappa shape index (κ1) is 12.7. The molecule has 0 saturated heterocycles. The van der Waals surface area contributed by atoms with Gasteiger partial charge in [-0.15, -0.1) is 0 Å². The second kappa shape index (κ2) is 6.23. The van der Waals surface area contributed by atoms with Gasteiger partial charge in [-0.2, -0.15) is 0 Å². The Labute approximate surface area is 82.9 Å². The van der Waals surface area contributed by atoms with Crippen LogP contribution in [0.5, 0.6) is 0 Å². The Morgan fingerprint density at radius 2 is 2.36 bits per heavy atom. The van der Waals surface area contributed by atoms with Gasteiger partial charge < -0.3 is 10.4 Å². The van der Waals surface area contributed by atoms with Gasteiger partial charge in [0.05, 0.1) is 0 Å². The molecule has 0 aliphatic heterocycles. The fourth-order valence-electron chi connectivity index (χ4n) is 0.911. The molecule has 0 bridgehead atoms. The van der Waals surface area contributed by atoms with Crippen LogP contribution in [-0.4, -0.2) is 29.7 Å². The van der Waals surface area contributed by atoms with E-state index in [-0.39, 0.29) is 0 Å². The summed E-state index contributed by atoms with van der Waals surface area (Å²) in [6.45, 7) is 4.38. The molecule has 1 unspecified atom stereocenters. The molecule has 0 saturated carbocycles. The van der Waals surface area contributed by atoms with E-state index in [4.69, 9.17) is 10.6 Å². The van der Waals surface area contributed by atoms with Gasteiger partial charge >= 0.3 is 5.97 Å². The van der Waals surface area contributed by atoms with E-state index in [1.807, 2.05) is 6.92 Å². The van der Waals surface area contributed by atoms with E-state index in [2.05, 4.69) is 15.3 Å². The summed E-state index contributed by atoms with van der Waals surface area (Å²) in [5, 5.41) is 15.2. The van der Waals surface area contributed by atoms with E-state index in [0.717, 1.165) is 0 Å². The molecule has 0 aliphatic rings. The van der Waals surface area contributed by atoms with Crippen molar-refractivity contribution < 1.29 is 9.90 Å². The maximum Gasteiger partial charge on any atom is 0.323 e. The van der Waals surface area contributed by atoms with Gasteiger partial charge in [0.15, 0.2) is 0 Å². The number of rotatable bonds is 7. The third kappa shape index (κ3) is 4.11. The summed E-state index contributed by atoms with van der Waals surface area (Å²) in [4.78, 5) is 13.4. The fourth-order valence-corrected chi connectivity index (χ4v) is 0.911. The lowest BCUT2D eigenvalue weighted by Crippen LogP contribution is -2.49. The number of hydrogen-bond acceptors (Lipinski definition) is 3. The highest BCUT2D eigenvalue weighted by Gasteiger charge is 2.29. The van der Waals surface area contributed by atoms with E-state index in [1.54, 1.807) is 6.92 Å². The summed E-state index contributed by atoms with van der Waals surface area (Å²) in [5.41, 5.74) is 7.13. The molecule has 0 fully saturated rings. The van der Waals surface area contributed by atoms with Gasteiger partial charge in [-0.1, -0.05) is 12.0 Å². The Bertz CT molecular complexity index is 237. The van der Waals surface area contributed by atoms with Crippen LogP contribution < -0.4 is 5.32 Å². The highest BCUT2D eigenvalue weighted by atomic mass is 16.4. The van der Waals surface area contributed by atoms with E-state index in [0.29, 0.717) is 25.9 Å². The van der Waals surface area contributed by atoms with Crippen LogP contribution in [0.1, 0.15) is 26.7 Å². The Balaban J connectivity index is 3.84. The quantitative estimate of drug-likeness (QED) is 0.282. The average molecular weight is 200 g/mol. The fraction of sp³-hybridized carbons (Fsp3) is 0.875. The summed E-state index contributed by atoms with van der Waals surface area (Å²) >= 11 is 0. The summed E-state index contributed by atoms with van der Waals surface area (Å²) in [6, 6.07) is 0. The number of nitrogens with one attached hydrogen (secondary N) is 1. The van der Waals surface area contributed by atoms with Crippen LogP contribution in [0.2, 0.25) is 0 Å². The van der Waals surface area contributed by atoms with Crippen molar-refractivity contribution in [1.82, 2.24) is 5.32 Å². The van der Waals surface area contributed by atoms with Gasteiger partial charge in [0, 0.05) is 11.5 Å². The van der Waals surface area contributed by atoms with Crippen molar-refractivity contribution in [1.29, 1.82) is 0 Å². The third-order valence-electron chi connectivity index (χ3n) is 2.19. The summed E-state index contributed by atoms with van der Waals surface area (Å²) in [6.07, 6.45) is 1.16. The molecule has 0 aromatic rings. The number of azide groups is 1. The van der Waals surface area contributed by atoms with Crippen molar-refractivity contribution in [3.63, 3.8) is 0 Å². The maximum atomic E-state index is 10.8. The van der Waals surface area contributed by atoms with Crippen molar-refractivity contribution in [2.75, 3.05) is 13.1 Å². The Morgan fingerprint density at radius 1 is 1.71 bits per heavy atom. The molecule has 0 aromatic heterocycles. The van der Waals surface area contributed by atoms with E-state index in [1.165, 1.54) is 0 Å². The maximum absolute atomic E-state index is 10.8. The number of nitrogens with zero attached hydrogens (tertiary/aromatic N) is 3. The summed E-state index contributed by atoms with van der Waals surface area (Å²) in [5.74, 6) is -0.858. The SMILES string of the molecule is CCC(C)(NCCCN=[N+]=[N-])C(=O)O. The molecule has 1 atom stereocenters. The lowest BCUT2D eigenvalue weighted by molar-refractivity contribution is -0.144. The van der Waals surface area contributed by atoms with Crippen LogP contribution in [0, 0.1) is 0 Å². The molecule has 0 heterocycles. The second-order valence-electron chi connectivity index (χ2n) is 3.23. The summed E-state index contributed by atoms with van der Waals surface area (Å²) < 4.78 is 0. The zero-order valence-corrected chi connectivity index (χ0v) is 8.53. The Kier molecular flexibility index (Phi) is 5.67. The van der Waals surface area contributed by atoms with Gasteiger partial charge in [0.1, 0.15) is 5.54 Å². The number of hydrogen-bond donors (Lipinski definition) is 2. The normalized spacial score (nSPS) is 14.1. The molecule has 0 rings (SSSR count). The number of carboxylic acids is 1. The standard InChI is InChI=1S/C8H16N4O2/c1-3-8(2,7(13)14)10-5-4-6-11-12-9/h10H,3-6H2,1-2H3,(H,13,14). The molecular formula is C8H16N4O2. The molecule has 0 aliphatic carbocycles. The highest BCUT2D eigenvalue weighted by molar-refractivity contribution is 5.78. The molecule has 0 aromatic carbocycles. The molecule has 0 amide bonds. The number of carboxylic acid groups (broad SMARTS) is 1. The largest absolute Gasteiger partial charge is 0.480 e.